The Kier molecular flexibility index (Phi) is 7.68. The SMILES string of the molecule is O=C(CNC(=O)C(=Cc1cccc([N+](=O)[O-])c1)NC(=O)c1ccco1)OCc1ccccc1. The van der Waals surface area contributed by atoms with E-state index in [1.54, 1.807) is 24.3 Å². The summed E-state index contributed by atoms with van der Waals surface area (Å²) in [6.45, 7) is -0.407. The Labute approximate surface area is 188 Å². The number of furan rings is 1. The third-order valence-electron chi connectivity index (χ3n) is 4.27. The van der Waals surface area contributed by atoms with Gasteiger partial charge in [0.05, 0.1) is 11.2 Å². The standard InChI is InChI=1S/C23H19N3O7/c27-21(33-15-16-6-2-1-3-7-16)14-24-22(28)19(25-23(29)20-10-5-11-32-20)13-17-8-4-9-18(12-17)26(30)31/h1-13H,14-15H2,(H,24,28)(H,25,29). The van der Waals surface area contributed by atoms with E-state index in [1.165, 1.54) is 48.7 Å². The lowest BCUT2D eigenvalue weighted by atomic mass is 10.1. The molecule has 168 valence electrons. The number of rotatable bonds is 9. The first-order valence-corrected chi connectivity index (χ1v) is 9.71. The van der Waals surface area contributed by atoms with Crippen molar-refractivity contribution in [1.82, 2.24) is 10.6 Å². The predicted molar refractivity (Wildman–Crippen MR) is 116 cm³/mol. The Bertz CT molecular complexity index is 1170. The van der Waals surface area contributed by atoms with E-state index in [-0.39, 0.29) is 23.8 Å². The molecule has 1 aromatic heterocycles. The number of nitrogens with one attached hydrogen (secondary N) is 2. The van der Waals surface area contributed by atoms with Gasteiger partial charge in [0.25, 0.3) is 17.5 Å². The number of hydrogen-bond donors (Lipinski definition) is 2. The van der Waals surface area contributed by atoms with Crippen LogP contribution in [-0.2, 0) is 20.9 Å². The van der Waals surface area contributed by atoms with Crippen LogP contribution in [0.25, 0.3) is 6.08 Å². The van der Waals surface area contributed by atoms with Crippen molar-refractivity contribution in [3.8, 4) is 0 Å². The Morgan fingerprint density at radius 2 is 1.82 bits per heavy atom. The molecular weight excluding hydrogens is 430 g/mol. The number of nitro benzene ring substituents is 1. The average molecular weight is 449 g/mol. The molecule has 0 atom stereocenters. The monoisotopic (exact) mass is 449 g/mol. The van der Waals surface area contributed by atoms with E-state index < -0.39 is 29.3 Å². The average Bonchev–Trinajstić information content (AvgIpc) is 3.37. The molecule has 0 unspecified atom stereocenters. The Balaban J connectivity index is 1.70. The normalized spacial score (nSPS) is 10.8. The molecule has 0 bridgehead atoms. The molecule has 3 aromatic rings. The van der Waals surface area contributed by atoms with Crippen molar-refractivity contribution >= 4 is 29.5 Å². The first-order valence-electron chi connectivity index (χ1n) is 9.71. The third-order valence-corrected chi connectivity index (χ3v) is 4.27. The lowest BCUT2D eigenvalue weighted by Gasteiger charge is -2.10. The van der Waals surface area contributed by atoms with Crippen LogP contribution in [0.2, 0.25) is 0 Å². The van der Waals surface area contributed by atoms with Crippen molar-refractivity contribution in [2.45, 2.75) is 6.61 Å². The summed E-state index contributed by atoms with van der Waals surface area (Å²) in [6, 6.07) is 17.4. The van der Waals surface area contributed by atoms with Gasteiger partial charge >= 0.3 is 5.97 Å². The lowest BCUT2D eigenvalue weighted by Crippen LogP contribution is -2.37. The minimum absolute atomic E-state index is 0.0428. The maximum atomic E-state index is 12.7. The highest BCUT2D eigenvalue weighted by molar-refractivity contribution is 6.05. The van der Waals surface area contributed by atoms with Crippen molar-refractivity contribution in [3.63, 3.8) is 0 Å². The molecule has 1 heterocycles. The van der Waals surface area contributed by atoms with Crippen molar-refractivity contribution in [2.24, 2.45) is 0 Å². The Hall–Kier alpha value is -4.73. The van der Waals surface area contributed by atoms with Gasteiger partial charge in [0.2, 0.25) is 0 Å². The third kappa shape index (κ3) is 6.89. The molecule has 3 rings (SSSR count). The van der Waals surface area contributed by atoms with Gasteiger partial charge in [-0.3, -0.25) is 24.5 Å². The van der Waals surface area contributed by atoms with Crippen LogP contribution in [0.1, 0.15) is 21.7 Å². The summed E-state index contributed by atoms with van der Waals surface area (Å²) in [7, 11) is 0. The molecule has 2 amide bonds. The highest BCUT2D eigenvalue weighted by Gasteiger charge is 2.18. The second-order valence-corrected chi connectivity index (χ2v) is 6.67. The van der Waals surface area contributed by atoms with E-state index in [0.29, 0.717) is 5.56 Å². The number of amides is 2. The van der Waals surface area contributed by atoms with Gasteiger partial charge in [-0.1, -0.05) is 42.5 Å². The summed E-state index contributed by atoms with van der Waals surface area (Å²) in [5, 5.41) is 15.8. The number of nitrogens with zero attached hydrogens (tertiary/aromatic N) is 1. The molecule has 33 heavy (non-hydrogen) atoms. The predicted octanol–water partition coefficient (Wildman–Crippen LogP) is 2.82. The van der Waals surface area contributed by atoms with Crippen LogP contribution in [-0.4, -0.2) is 29.3 Å². The van der Waals surface area contributed by atoms with Crippen LogP contribution in [0.3, 0.4) is 0 Å². The van der Waals surface area contributed by atoms with Crippen LogP contribution in [0, 0.1) is 10.1 Å². The fourth-order valence-corrected chi connectivity index (χ4v) is 2.68. The molecule has 0 spiro atoms. The number of ether oxygens (including phenoxy) is 1. The summed E-state index contributed by atoms with van der Waals surface area (Å²) in [5.74, 6) is -2.23. The molecule has 2 N–H and O–H groups in total. The second kappa shape index (κ2) is 11.0. The van der Waals surface area contributed by atoms with E-state index in [1.807, 2.05) is 6.07 Å². The zero-order valence-electron chi connectivity index (χ0n) is 17.2. The molecule has 0 saturated carbocycles. The molecule has 0 radical (unpaired) electrons. The number of non-ortho nitro benzene ring substituents is 1. The van der Waals surface area contributed by atoms with Crippen LogP contribution in [0.15, 0.2) is 83.1 Å². The fourth-order valence-electron chi connectivity index (χ4n) is 2.68. The van der Waals surface area contributed by atoms with Gasteiger partial charge in [-0.25, -0.2) is 0 Å². The highest BCUT2D eigenvalue weighted by Crippen LogP contribution is 2.15. The van der Waals surface area contributed by atoms with Crippen molar-refractivity contribution in [1.29, 1.82) is 0 Å². The van der Waals surface area contributed by atoms with Gasteiger partial charge in [0.1, 0.15) is 18.8 Å². The zero-order valence-corrected chi connectivity index (χ0v) is 17.2. The molecule has 10 heteroatoms. The van der Waals surface area contributed by atoms with E-state index in [0.717, 1.165) is 5.56 Å². The van der Waals surface area contributed by atoms with E-state index in [9.17, 15) is 24.5 Å². The minimum Gasteiger partial charge on any atom is -0.460 e. The quantitative estimate of drug-likeness (QED) is 0.221. The summed E-state index contributed by atoms with van der Waals surface area (Å²) >= 11 is 0. The topological polar surface area (TPSA) is 141 Å². The number of esters is 1. The van der Waals surface area contributed by atoms with E-state index in [4.69, 9.17) is 9.15 Å². The minimum atomic E-state index is -0.793. The summed E-state index contributed by atoms with van der Waals surface area (Å²) in [6.07, 6.45) is 2.54. The van der Waals surface area contributed by atoms with Crippen molar-refractivity contribution in [3.05, 3.63) is 106 Å². The molecular formula is C23H19N3O7. The molecule has 0 aliphatic carbocycles. The summed E-state index contributed by atoms with van der Waals surface area (Å²) in [5.41, 5.74) is 0.646. The number of carbonyl (C=O) groups is 3. The number of carbonyl (C=O) groups excluding carboxylic acids is 3. The lowest BCUT2D eigenvalue weighted by molar-refractivity contribution is -0.384. The van der Waals surface area contributed by atoms with E-state index >= 15 is 0 Å². The van der Waals surface area contributed by atoms with E-state index in [2.05, 4.69) is 10.6 Å². The van der Waals surface area contributed by atoms with Crippen LogP contribution >= 0.6 is 0 Å². The van der Waals surface area contributed by atoms with Crippen LogP contribution in [0.5, 0.6) is 0 Å². The molecule has 2 aromatic carbocycles. The second-order valence-electron chi connectivity index (χ2n) is 6.67. The zero-order chi connectivity index (χ0) is 23.6. The van der Waals surface area contributed by atoms with Gasteiger partial charge in [-0.05, 0) is 29.3 Å². The van der Waals surface area contributed by atoms with Crippen molar-refractivity contribution < 1.29 is 28.5 Å². The Morgan fingerprint density at radius 1 is 1.03 bits per heavy atom. The smallest absolute Gasteiger partial charge is 0.325 e. The largest absolute Gasteiger partial charge is 0.460 e. The van der Waals surface area contributed by atoms with Gasteiger partial charge in [0.15, 0.2) is 5.76 Å². The van der Waals surface area contributed by atoms with Gasteiger partial charge < -0.3 is 19.8 Å². The maximum Gasteiger partial charge on any atom is 0.325 e. The number of benzene rings is 2. The number of hydrogen-bond acceptors (Lipinski definition) is 7. The summed E-state index contributed by atoms with van der Waals surface area (Å²) in [4.78, 5) is 47.5. The molecule has 10 nitrogen and oxygen atoms in total. The van der Waals surface area contributed by atoms with Crippen LogP contribution < -0.4 is 10.6 Å². The molecule has 0 fully saturated rings. The Morgan fingerprint density at radius 3 is 2.52 bits per heavy atom. The van der Waals surface area contributed by atoms with Gasteiger partial charge in [-0.2, -0.15) is 0 Å². The fraction of sp³-hybridized carbons (Fsp3) is 0.0870. The molecule has 0 saturated heterocycles. The molecule has 0 aliphatic heterocycles. The summed E-state index contributed by atoms with van der Waals surface area (Å²) < 4.78 is 10.1. The van der Waals surface area contributed by atoms with Crippen molar-refractivity contribution in [2.75, 3.05) is 6.54 Å². The van der Waals surface area contributed by atoms with Crippen LogP contribution in [0.4, 0.5) is 5.69 Å². The number of nitro groups is 1. The first kappa shape index (κ1) is 22.9. The maximum absolute atomic E-state index is 12.7. The first-order chi connectivity index (χ1) is 15.9. The molecule has 0 aliphatic rings. The van der Waals surface area contributed by atoms with Gasteiger partial charge in [0, 0.05) is 12.1 Å². The van der Waals surface area contributed by atoms with Gasteiger partial charge in [-0.15, -0.1) is 0 Å². The highest BCUT2D eigenvalue weighted by atomic mass is 16.6.